The first-order chi connectivity index (χ1) is 5.06. The molecule has 0 aliphatic carbocycles. The fourth-order valence-corrected chi connectivity index (χ4v) is 0.593. The third-order valence-corrected chi connectivity index (χ3v) is 1.69. The van der Waals surface area contributed by atoms with Crippen LogP contribution in [0, 0.1) is 0 Å². The van der Waals surface area contributed by atoms with E-state index in [-0.39, 0.29) is 0 Å². The Morgan fingerprint density at radius 2 is 2.09 bits per heavy atom. The van der Waals surface area contributed by atoms with E-state index in [0.29, 0.717) is 13.0 Å². The van der Waals surface area contributed by atoms with Crippen LogP contribution >= 0.6 is 0 Å². The standard InChI is InChI=1S/C7H14O4/c1-7(11-3,6(8)9)4-5-10-2/h4-5H2,1-3H3,(H,8,9). The van der Waals surface area contributed by atoms with Gasteiger partial charge in [-0.15, -0.1) is 0 Å². The number of methoxy groups -OCH3 is 2. The molecule has 0 aliphatic heterocycles. The molecule has 0 aromatic rings. The van der Waals surface area contributed by atoms with Crippen molar-refractivity contribution in [3.63, 3.8) is 0 Å². The van der Waals surface area contributed by atoms with Crippen LogP contribution in [0.25, 0.3) is 0 Å². The average molecular weight is 162 g/mol. The van der Waals surface area contributed by atoms with Crippen molar-refractivity contribution in [1.29, 1.82) is 0 Å². The topological polar surface area (TPSA) is 55.8 Å². The Labute approximate surface area is 66.1 Å². The van der Waals surface area contributed by atoms with E-state index in [1.54, 1.807) is 0 Å². The number of carbonyl (C=O) groups is 1. The number of hydrogen-bond donors (Lipinski definition) is 1. The van der Waals surface area contributed by atoms with Crippen LogP contribution in [-0.4, -0.2) is 37.5 Å². The van der Waals surface area contributed by atoms with Gasteiger partial charge in [0, 0.05) is 27.2 Å². The number of rotatable bonds is 5. The second-order valence-electron chi connectivity index (χ2n) is 2.48. The van der Waals surface area contributed by atoms with Gasteiger partial charge in [0.25, 0.3) is 0 Å². The Morgan fingerprint density at radius 3 is 2.36 bits per heavy atom. The second kappa shape index (κ2) is 4.31. The summed E-state index contributed by atoms with van der Waals surface area (Å²) in [5.74, 6) is -0.961. The molecular weight excluding hydrogens is 148 g/mol. The Bertz CT molecular complexity index is 134. The van der Waals surface area contributed by atoms with Gasteiger partial charge in [-0.2, -0.15) is 0 Å². The van der Waals surface area contributed by atoms with Crippen LogP contribution in [0.2, 0.25) is 0 Å². The number of aliphatic carboxylic acids is 1. The van der Waals surface area contributed by atoms with Crippen molar-refractivity contribution in [3.05, 3.63) is 0 Å². The molecule has 4 heteroatoms. The molecule has 1 atom stereocenters. The molecule has 0 saturated heterocycles. The lowest BCUT2D eigenvalue weighted by Gasteiger charge is -2.22. The molecule has 0 radical (unpaired) electrons. The molecule has 11 heavy (non-hydrogen) atoms. The molecule has 0 bridgehead atoms. The first-order valence-electron chi connectivity index (χ1n) is 3.34. The largest absolute Gasteiger partial charge is 0.479 e. The maximum absolute atomic E-state index is 10.6. The quantitative estimate of drug-likeness (QED) is 0.640. The van der Waals surface area contributed by atoms with E-state index in [0.717, 1.165) is 0 Å². The van der Waals surface area contributed by atoms with Gasteiger partial charge >= 0.3 is 5.97 Å². The van der Waals surface area contributed by atoms with E-state index in [9.17, 15) is 4.79 Å². The van der Waals surface area contributed by atoms with Gasteiger partial charge < -0.3 is 14.6 Å². The predicted molar refractivity (Wildman–Crippen MR) is 39.5 cm³/mol. The summed E-state index contributed by atoms with van der Waals surface area (Å²) >= 11 is 0. The third kappa shape index (κ3) is 2.86. The summed E-state index contributed by atoms with van der Waals surface area (Å²) in [5.41, 5.74) is -1.12. The van der Waals surface area contributed by atoms with Gasteiger partial charge in [0.2, 0.25) is 0 Å². The lowest BCUT2D eigenvalue weighted by Crippen LogP contribution is -2.38. The monoisotopic (exact) mass is 162 g/mol. The molecular formula is C7H14O4. The molecule has 0 heterocycles. The first-order valence-corrected chi connectivity index (χ1v) is 3.34. The lowest BCUT2D eigenvalue weighted by molar-refractivity contribution is -0.162. The highest BCUT2D eigenvalue weighted by atomic mass is 16.5. The van der Waals surface area contributed by atoms with Crippen LogP contribution in [-0.2, 0) is 14.3 Å². The van der Waals surface area contributed by atoms with Crippen LogP contribution in [0.4, 0.5) is 0 Å². The predicted octanol–water partition coefficient (Wildman–Crippen LogP) is 0.513. The smallest absolute Gasteiger partial charge is 0.335 e. The molecule has 0 rings (SSSR count). The van der Waals surface area contributed by atoms with Crippen LogP contribution in [0.15, 0.2) is 0 Å². The molecule has 66 valence electrons. The van der Waals surface area contributed by atoms with Crippen molar-refractivity contribution >= 4 is 5.97 Å². The highest BCUT2D eigenvalue weighted by Crippen LogP contribution is 2.14. The fourth-order valence-electron chi connectivity index (χ4n) is 0.593. The highest BCUT2D eigenvalue weighted by Gasteiger charge is 2.32. The minimum atomic E-state index is -1.12. The van der Waals surface area contributed by atoms with Crippen molar-refractivity contribution in [2.45, 2.75) is 18.9 Å². The van der Waals surface area contributed by atoms with Gasteiger partial charge in [-0.1, -0.05) is 0 Å². The van der Waals surface area contributed by atoms with Crippen molar-refractivity contribution in [3.8, 4) is 0 Å². The lowest BCUT2D eigenvalue weighted by atomic mass is 10.0. The molecule has 0 spiro atoms. The van der Waals surface area contributed by atoms with Gasteiger partial charge in [-0.05, 0) is 6.92 Å². The summed E-state index contributed by atoms with van der Waals surface area (Å²) < 4.78 is 9.57. The van der Waals surface area contributed by atoms with Crippen molar-refractivity contribution < 1.29 is 19.4 Å². The average Bonchev–Trinajstić information content (AvgIpc) is 2.00. The zero-order valence-corrected chi connectivity index (χ0v) is 7.09. The molecule has 4 nitrogen and oxygen atoms in total. The fraction of sp³-hybridized carbons (Fsp3) is 0.857. The van der Waals surface area contributed by atoms with Crippen LogP contribution in [0.1, 0.15) is 13.3 Å². The Kier molecular flexibility index (Phi) is 4.07. The maximum Gasteiger partial charge on any atom is 0.335 e. The highest BCUT2D eigenvalue weighted by molar-refractivity contribution is 5.76. The van der Waals surface area contributed by atoms with Gasteiger partial charge in [-0.25, -0.2) is 4.79 Å². The SMILES string of the molecule is COCCC(C)(OC)C(=O)O. The summed E-state index contributed by atoms with van der Waals surface area (Å²) in [4.78, 5) is 10.6. The van der Waals surface area contributed by atoms with Gasteiger partial charge in [-0.3, -0.25) is 0 Å². The van der Waals surface area contributed by atoms with E-state index in [1.807, 2.05) is 0 Å². The number of carboxylic acids is 1. The molecule has 0 saturated carbocycles. The number of hydrogen-bond acceptors (Lipinski definition) is 3. The van der Waals surface area contributed by atoms with Gasteiger partial charge in [0.05, 0.1) is 0 Å². The Hall–Kier alpha value is -0.610. The Balaban J connectivity index is 3.99. The molecule has 0 aromatic carbocycles. The molecule has 0 aliphatic rings. The van der Waals surface area contributed by atoms with Crippen molar-refractivity contribution in [2.24, 2.45) is 0 Å². The zero-order chi connectivity index (χ0) is 8.91. The summed E-state index contributed by atoms with van der Waals surface area (Å²) in [6.45, 7) is 1.91. The molecule has 0 aromatic heterocycles. The Morgan fingerprint density at radius 1 is 1.55 bits per heavy atom. The summed E-state index contributed by atoms with van der Waals surface area (Å²) in [6.07, 6.45) is 0.356. The van der Waals surface area contributed by atoms with E-state index in [2.05, 4.69) is 0 Å². The van der Waals surface area contributed by atoms with Gasteiger partial charge in [0.15, 0.2) is 5.60 Å². The third-order valence-electron chi connectivity index (χ3n) is 1.69. The van der Waals surface area contributed by atoms with Crippen molar-refractivity contribution in [2.75, 3.05) is 20.8 Å². The zero-order valence-electron chi connectivity index (χ0n) is 7.09. The van der Waals surface area contributed by atoms with E-state index in [1.165, 1.54) is 21.1 Å². The number of ether oxygens (including phenoxy) is 2. The van der Waals surface area contributed by atoms with Crippen molar-refractivity contribution in [1.82, 2.24) is 0 Å². The maximum atomic E-state index is 10.6. The number of carboxylic acid groups (broad SMARTS) is 1. The molecule has 1 N–H and O–H groups in total. The van der Waals surface area contributed by atoms with Crippen LogP contribution in [0.5, 0.6) is 0 Å². The minimum Gasteiger partial charge on any atom is -0.479 e. The van der Waals surface area contributed by atoms with E-state index in [4.69, 9.17) is 14.6 Å². The molecule has 1 unspecified atom stereocenters. The molecule has 0 amide bonds. The minimum absolute atomic E-state index is 0.356. The van der Waals surface area contributed by atoms with Crippen LogP contribution < -0.4 is 0 Å². The van der Waals surface area contributed by atoms with Crippen LogP contribution in [0.3, 0.4) is 0 Å². The van der Waals surface area contributed by atoms with E-state index >= 15 is 0 Å². The van der Waals surface area contributed by atoms with E-state index < -0.39 is 11.6 Å². The summed E-state index contributed by atoms with van der Waals surface area (Å²) in [5, 5.41) is 8.68. The second-order valence-corrected chi connectivity index (χ2v) is 2.48. The van der Waals surface area contributed by atoms with Gasteiger partial charge in [0.1, 0.15) is 0 Å². The summed E-state index contributed by atoms with van der Waals surface area (Å²) in [6, 6.07) is 0. The summed E-state index contributed by atoms with van der Waals surface area (Å²) in [7, 11) is 2.90. The first kappa shape index (κ1) is 10.4. The normalized spacial score (nSPS) is 15.9. The molecule has 0 fully saturated rings.